The molecule has 2 N–H and O–H groups in total. The van der Waals surface area contributed by atoms with Crippen molar-refractivity contribution in [2.45, 2.75) is 33.7 Å². The normalized spacial score (nSPS) is 14.2. The van der Waals surface area contributed by atoms with Crippen molar-refractivity contribution in [2.24, 2.45) is 0 Å². The van der Waals surface area contributed by atoms with E-state index < -0.39 is 5.91 Å². The zero-order valence-corrected chi connectivity index (χ0v) is 16.6. The van der Waals surface area contributed by atoms with Gasteiger partial charge in [0.2, 0.25) is 0 Å². The van der Waals surface area contributed by atoms with Crippen molar-refractivity contribution in [1.29, 1.82) is 0 Å². The molecule has 1 aliphatic rings. The van der Waals surface area contributed by atoms with Crippen LogP contribution in [0, 0.1) is 13.8 Å². The number of amides is 3. The standard InChI is InChI=1S/C22H25N3O3/c1-5-23-15(4)12-24-20(26)16-8-9-17-18(11-16)22(28)25(21(17)27)19-10-13(2)6-7-14(19)3/h6-11,15,23H,5,12H2,1-4H3,(H,24,26)/t15-/m1/s1. The molecule has 0 aliphatic carbocycles. The van der Waals surface area contributed by atoms with Gasteiger partial charge in [0.05, 0.1) is 16.8 Å². The monoisotopic (exact) mass is 379 g/mol. The molecule has 0 bridgehead atoms. The molecule has 0 saturated carbocycles. The predicted molar refractivity (Wildman–Crippen MR) is 109 cm³/mol. The van der Waals surface area contributed by atoms with Crippen molar-refractivity contribution in [3.63, 3.8) is 0 Å². The van der Waals surface area contributed by atoms with Gasteiger partial charge in [0.25, 0.3) is 17.7 Å². The van der Waals surface area contributed by atoms with E-state index in [1.54, 1.807) is 12.1 Å². The number of anilines is 1. The first-order valence-corrected chi connectivity index (χ1v) is 9.45. The fourth-order valence-corrected chi connectivity index (χ4v) is 3.33. The van der Waals surface area contributed by atoms with Crippen molar-refractivity contribution in [3.8, 4) is 0 Å². The van der Waals surface area contributed by atoms with E-state index >= 15 is 0 Å². The van der Waals surface area contributed by atoms with Crippen LogP contribution in [0.15, 0.2) is 36.4 Å². The summed E-state index contributed by atoms with van der Waals surface area (Å²) in [6, 6.07) is 10.5. The highest BCUT2D eigenvalue weighted by atomic mass is 16.2. The molecule has 1 heterocycles. The molecule has 3 amide bonds. The molecule has 2 aromatic rings. The van der Waals surface area contributed by atoms with Gasteiger partial charge < -0.3 is 10.6 Å². The average Bonchev–Trinajstić information content (AvgIpc) is 2.92. The fraction of sp³-hybridized carbons (Fsp3) is 0.318. The van der Waals surface area contributed by atoms with Crippen LogP contribution in [-0.4, -0.2) is 36.9 Å². The molecule has 0 spiro atoms. The summed E-state index contributed by atoms with van der Waals surface area (Å²) in [5.74, 6) is -1.02. The second kappa shape index (κ2) is 7.94. The number of likely N-dealkylation sites (N-methyl/N-ethyl adjacent to an activating group) is 1. The van der Waals surface area contributed by atoms with E-state index in [9.17, 15) is 14.4 Å². The van der Waals surface area contributed by atoms with E-state index in [1.165, 1.54) is 11.0 Å². The Kier molecular flexibility index (Phi) is 5.61. The topological polar surface area (TPSA) is 78.5 Å². The van der Waals surface area contributed by atoms with Crippen molar-refractivity contribution >= 4 is 23.4 Å². The lowest BCUT2D eigenvalue weighted by atomic mass is 10.1. The summed E-state index contributed by atoms with van der Waals surface area (Å²) in [5, 5.41) is 6.07. The first kappa shape index (κ1) is 19.8. The quantitative estimate of drug-likeness (QED) is 0.757. The molecule has 0 unspecified atom stereocenters. The summed E-state index contributed by atoms with van der Waals surface area (Å²) in [4.78, 5) is 39.4. The van der Waals surface area contributed by atoms with E-state index in [4.69, 9.17) is 0 Å². The lowest BCUT2D eigenvalue weighted by molar-refractivity contribution is 0.0923. The van der Waals surface area contributed by atoms with Crippen LogP contribution in [0.5, 0.6) is 0 Å². The van der Waals surface area contributed by atoms with Gasteiger partial charge in [-0.05, 0) is 62.7 Å². The number of carbonyl (C=O) groups is 3. The SMILES string of the molecule is CCN[C@H](C)CNC(=O)c1ccc2c(c1)C(=O)N(c1cc(C)ccc1C)C2=O. The molecule has 0 aromatic heterocycles. The summed E-state index contributed by atoms with van der Waals surface area (Å²) < 4.78 is 0. The van der Waals surface area contributed by atoms with Gasteiger partial charge in [-0.3, -0.25) is 14.4 Å². The Bertz CT molecular complexity index is 952. The number of hydrogen-bond acceptors (Lipinski definition) is 4. The first-order chi connectivity index (χ1) is 13.3. The summed E-state index contributed by atoms with van der Waals surface area (Å²) in [6.45, 7) is 9.06. The minimum atomic E-state index is -0.399. The minimum Gasteiger partial charge on any atom is -0.350 e. The highest BCUT2D eigenvalue weighted by Crippen LogP contribution is 2.31. The maximum atomic E-state index is 13.0. The number of nitrogens with zero attached hydrogens (tertiary/aromatic N) is 1. The third kappa shape index (κ3) is 3.68. The molecule has 0 radical (unpaired) electrons. The van der Waals surface area contributed by atoms with E-state index in [1.807, 2.05) is 45.9 Å². The molecule has 6 heteroatoms. The fourth-order valence-electron chi connectivity index (χ4n) is 3.33. The van der Waals surface area contributed by atoms with Crippen LogP contribution < -0.4 is 15.5 Å². The summed E-state index contributed by atoms with van der Waals surface area (Å²) in [7, 11) is 0. The summed E-state index contributed by atoms with van der Waals surface area (Å²) in [6.07, 6.45) is 0. The van der Waals surface area contributed by atoms with Gasteiger partial charge in [-0.25, -0.2) is 4.90 Å². The van der Waals surface area contributed by atoms with Crippen LogP contribution in [0.25, 0.3) is 0 Å². The first-order valence-electron chi connectivity index (χ1n) is 9.45. The van der Waals surface area contributed by atoms with Gasteiger partial charge in [0.15, 0.2) is 0 Å². The Balaban J connectivity index is 1.86. The van der Waals surface area contributed by atoms with E-state index in [-0.39, 0.29) is 23.4 Å². The van der Waals surface area contributed by atoms with Crippen molar-refractivity contribution in [3.05, 3.63) is 64.2 Å². The highest BCUT2D eigenvalue weighted by molar-refractivity contribution is 6.35. The lowest BCUT2D eigenvalue weighted by Crippen LogP contribution is -2.38. The molecule has 28 heavy (non-hydrogen) atoms. The molecule has 0 fully saturated rings. The van der Waals surface area contributed by atoms with Crippen LogP contribution in [0.3, 0.4) is 0 Å². The second-order valence-corrected chi connectivity index (χ2v) is 7.16. The number of imide groups is 1. The number of carbonyl (C=O) groups excluding carboxylic acids is 3. The summed E-state index contributed by atoms with van der Waals surface area (Å²) >= 11 is 0. The average molecular weight is 379 g/mol. The lowest BCUT2D eigenvalue weighted by Gasteiger charge is -2.17. The van der Waals surface area contributed by atoms with Crippen LogP contribution in [-0.2, 0) is 0 Å². The van der Waals surface area contributed by atoms with E-state index in [2.05, 4.69) is 10.6 Å². The minimum absolute atomic E-state index is 0.145. The molecule has 6 nitrogen and oxygen atoms in total. The maximum absolute atomic E-state index is 13.0. The van der Waals surface area contributed by atoms with Gasteiger partial charge in [-0.2, -0.15) is 0 Å². The highest BCUT2D eigenvalue weighted by Gasteiger charge is 2.37. The van der Waals surface area contributed by atoms with Gasteiger partial charge >= 0.3 is 0 Å². The predicted octanol–water partition coefficient (Wildman–Crippen LogP) is 2.83. The second-order valence-electron chi connectivity index (χ2n) is 7.16. The van der Waals surface area contributed by atoms with Gasteiger partial charge in [0.1, 0.15) is 0 Å². The van der Waals surface area contributed by atoms with Crippen molar-refractivity contribution in [2.75, 3.05) is 18.0 Å². The third-order valence-corrected chi connectivity index (χ3v) is 4.88. The maximum Gasteiger partial charge on any atom is 0.266 e. The molecule has 146 valence electrons. The third-order valence-electron chi connectivity index (χ3n) is 4.88. The Labute approximate surface area is 164 Å². The Morgan fingerprint density at radius 3 is 2.46 bits per heavy atom. The Morgan fingerprint density at radius 2 is 1.75 bits per heavy atom. The number of fused-ring (bicyclic) bond motifs is 1. The number of nitrogens with one attached hydrogen (secondary N) is 2. The van der Waals surface area contributed by atoms with Gasteiger partial charge in [-0.1, -0.05) is 19.1 Å². The molecular weight excluding hydrogens is 354 g/mol. The smallest absolute Gasteiger partial charge is 0.266 e. The zero-order chi connectivity index (χ0) is 20.4. The van der Waals surface area contributed by atoms with Crippen molar-refractivity contribution in [1.82, 2.24) is 10.6 Å². The van der Waals surface area contributed by atoms with Crippen LogP contribution in [0.1, 0.15) is 56.0 Å². The molecule has 1 aliphatic heterocycles. The molecular formula is C22H25N3O3. The van der Waals surface area contributed by atoms with Crippen LogP contribution >= 0.6 is 0 Å². The van der Waals surface area contributed by atoms with E-state index in [0.29, 0.717) is 23.4 Å². The Hall–Kier alpha value is -2.99. The van der Waals surface area contributed by atoms with Gasteiger partial charge in [-0.15, -0.1) is 0 Å². The van der Waals surface area contributed by atoms with Crippen LogP contribution in [0.4, 0.5) is 5.69 Å². The molecule has 1 atom stereocenters. The molecule has 3 rings (SSSR count). The molecule has 2 aromatic carbocycles. The van der Waals surface area contributed by atoms with Gasteiger partial charge in [0, 0.05) is 18.2 Å². The zero-order valence-electron chi connectivity index (χ0n) is 16.6. The molecule has 0 saturated heterocycles. The number of rotatable bonds is 6. The Morgan fingerprint density at radius 1 is 1.04 bits per heavy atom. The number of benzene rings is 2. The summed E-state index contributed by atoms with van der Waals surface area (Å²) in [5.41, 5.74) is 3.34. The van der Waals surface area contributed by atoms with E-state index in [0.717, 1.165) is 17.7 Å². The number of hydrogen-bond donors (Lipinski definition) is 2. The van der Waals surface area contributed by atoms with Crippen LogP contribution in [0.2, 0.25) is 0 Å². The largest absolute Gasteiger partial charge is 0.350 e. The number of aryl methyl sites for hydroxylation is 2. The van der Waals surface area contributed by atoms with Crippen molar-refractivity contribution < 1.29 is 14.4 Å².